The number of aromatic nitrogens is 3. The van der Waals surface area contributed by atoms with Crippen LogP contribution < -0.4 is 20.7 Å². The maximum atomic E-state index is 13.4. The average Bonchev–Trinajstić information content (AvgIpc) is 3.54. The van der Waals surface area contributed by atoms with Crippen LogP contribution in [0.15, 0.2) is 54.7 Å². The first-order valence-electron chi connectivity index (χ1n) is 12.6. The summed E-state index contributed by atoms with van der Waals surface area (Å²) in [5.41, 5.74) is 3.66. The first-order valence-corrected chi connectivity index (χ1v) is 12.6. The Bertz CT molecular complexity index is 1710. The van der Waals surface area contributed by atoms with E-state index in [-0.39, 0.29) is 36.2 Å². The van der Waals surface area contributed by atoms with Crippen molar-refractivity contribution in [2.24, 2.45) is 0 Å². The second-order valence-corrected chi connectivity index (χ2v) is 9.67. The molecule has 40 heavy (non-hydrogen) atoms. The van der Waals surface area contributed by atoms with Gasteiger partial charge in [-0.3, -0.25) is 19.2 Å². The minimum absolute atomic E-state index is 0.00576. The molecular weight excluding hydrogens is 516 g/mol. The number of hydrogen-bond donors (Lipinski definition) is 4. The quantitative estimate of drug-likeness (QED) is 0.268. The molecule has 4 N–H and O–H groups in total. The Morgan fingerprint density at radius 1 is 1.12 bits per heavy atom. The average molecular weight is 541 g/mol. The molecule has 202 valence electrons. The summed E-state index contributed by atoms with van der Waals surface area (Å²) in [5.74, 6) is -0.859. The largest absolute Gasteiger partial charge is 0.482 e. The molecule has 12 heteroatoms. The van der Waals surface area contributed by atoms with Crippen LogP contribution in [0, 0.1) is 0 Å². The smallest absolute Gasteiger partial charge is 0.270 e. The molecule has 12 nitrogen and oxygen atoms in total. The van der Waals surface area contributed by atoms with Gasteiger partial charge in [0.15, 0.2) is 18.0 Å². The lowest BCUT2D eigenvalue weighted by atomic mass is 10.0. The second-order valence-electron chi connectivity index (χ2n) is 9.67. The van der Waals surface area contributed by atoms with Crippen LogP contribution in [-0.2, 0) is 17.8 Å². The zero-order valence-electron chi connectivity index (χ0n) is 21.3. The Kier molecular flexibility index (Phi) is 6.23. The Balaban J connectivity index is 1.21. The minimum atomic E-state index is -0.884. The highest BCUT2D eigenvalue weighted by molar-refractivity contribution is 5.99. The van der Waals surface area contributed by atoms with Crippen molar-refractivity contribution in [3.05, 3.63) is 88.4 Å². The molecule has 1 aliphatic carbocycles. The molecule has 2 aliphatic rings. The monoisotopic (exact) mass is 540 g/mol. The molecule has 3 heterocycles. The topological polar surface area (TPSA) is 164 Å². The number of amides is 3. The number of ketones is 1. The lowest BCUT2D eigenvalue weighted by molar-refractivity contribution is -0.118. The van der Waals surface area contributed by atoms with Gasteiger partial charge in [-0.2, -0.15) is 5.10 Å². The summed E-state index contributed by atoms with van der Waals surface area (Å²) in [7, 11) is 0. The fourth-order valence-corrected chi connectivity index (χ4v) is 4.95. The van der Waals surface area contributed by atoms with Crippen molar-refractivity contribution in [3.63, 3.8) is 0 Å². The third-order valence-electron chi connectivity index (χ3n) is 6.94. The molecule has 0 spiro atoms. The van der Waals surface area contributed by atoms with Crippen molar-refractivity contribution in [3.8, 4) is 5.75 Å². The van der Waals surface area contributed by atoms with Gasteiger partial charge in [0.1, 0.15) is 17.1 Å². The van der Waals surface area contributed by atoms with Gasteiger partial charge in [-0.25, -0.2) is 9.50 Å². The third-order valence-corrected chi connectivity index (χ3v) is 6.94. The maximum absolute atomic E-state index is 13.4. The highest BCUT2D eigenvalue weighted by atomic mass is 16.5. The number of carbonyl (C=O) groups is 4. The van der Waals surface area contributed by atoms with Crippen LogP contribution in [-0.4, -0.2) is 55.9 Å². The number of benzene rings is 2. The van der Waals surface area contributed by atoms with Gasteiger partial charge >= 0.3 is 0 Å². The minimum Gasteiger partial charge on any atom is -0.482 e. The molecule has 2 aromatic heterocycles. The number of anilines is 1. The Morgan fingerprint density at radius 2 is 1.98 bits per heavy atom. The number of hydrogen-bond acceptors (Lipinski definition) is 8. The number of fused-ring (bicyclic) bond motifs is 3. The number of carbonyl (C=O) groups excluding carboxylic acids is 4. The van der Waals surface area contributed by atoms with Crippen molar-refractivity contribution >= 4 is 34.8 Å². The summed E-state index contributed by atoms with van der Waals surface area (Å²) < 4.78 is 6.68. The number of Topliss-reactive ketones (excluding diaryl/α,β-unsaturated/α-hetero) is 1. The van der Waals surface area contributed by atoms with Gasteiger partial charge in [-0.1, -0.05) is 18.2 Å². The molecule has 0 bridgehead atoms. The molecule has 0 unspecified atom stereocenters. The summed E-state index contributed by atoms with van der Waals surface area (Å²) in [6.07, 6.45) is 0.875. The van der Waals surface area contributed by atoms with E-state index >= 15 is 0 Å². The first kappa shape index (κ1) is 25.2. The van der Waals surface area contributed by atoms with Crippen LogP contribution in [0.2, 0.25) is 0 Å². The Hall–Kier alpha value is -5.10. The van der Waals surface area contributed by atoms with Crippen LogP contribution in [0.1, 0.15) is 61.0 Å². The molecule has 1 aliphatic heterocycles. The van der Waals surface area contributed by atoms with Crippen LogP contribution >= 0.6 is 0 Å². The van der Waals surface area contributed by atoms with Crippen molar-refractivity contribution in [2.45, 2.75) is 32.0 Å². The van der Waals surface area contributed by atoms with E-state index in [0.29, 0.717) is 29.1 Å². The van der Waals surface area contributed by atoms with E-state index in [2.05, 4.69) is 26.0 Å². The third kappa shape index (κ3) is 4.64. The molecule has 6 rings (SSSR count). The summed E-state index contributed by atoms with van der Waals surface area (Å²) in [4.78, 5) is 54.2. The van der Waals surface area contributed by atoms with E-state index in [1.54, 1.807) is 42.5 Å². The SMILES string of the molecule is CC(=O)c1ccc2c(c1)C[C@@H](O)[C@@H]2NC(=O)c1cc(C(=O)NCc2ccc3c(c2)NC(=O)CO3)nc2ccnn12. The van der Waals surface area contributed by atoms with Crippen LogP contribution in [0.5, 0.6) is 5.75 Å². The van der Waals surface area contributed by atoms with Crippen LogP contribution in [0.3, 0.4) is 0 Å². The normalized spacial score (nSPS) is 17.4. The highest BCUT2D eigenvalue weighted by Gasteiger charge is 2.33. The number of aliphatic hydroxyl groups excluding tert-OH is 1. The number of nitrogens with one attached hydrogen (secondary N) is 3. The van der Waals surface area contributed by atoms with E-state index in [1.165, 1.54) is 23.7 Å². The number of ether oxygens (including phenoxy) is 1. The molecule has 3 amide bonds. The van der Waals surface area contributed by atoms with Crippen LogP contribution in [0.4, 0.5) is 5.69 Å². The van der Waals surface area contributed by atoms with Crippen molar-refractivity contribution in [1.29, 1.82) is 0 Å². The molecule has 0 saturated heterocycles. The number of aliphatic hydroxyl groups is 1. The first-order chi connectivity index (χ1) is 19.3. The predicted molar refractivity (Wildman–Crippen MR) is 141 cm³/mol. The predicted octanol–water partition coefficient (Wildman–Crippen LogP) is 1.58. The lowest BCUT2D eigenvalue weighted by Crippen LogP contribution is -2.35. The van der Waals surface area contributed by atoms with Gasteiger partial charge in [-0.15, -0.1) is 0 Å². The summed E-state index contributed by atoms with van der Waals surface area (Å²) in [6.45, 7) is 1.57. The van der Waals surface area contributed by atoms with E-state index in [9.17, 15) is 24.3 Å². The molecule has 2 aromatic carbocycles. The van der Waals surface area contributed by atoms with Crippen molar-refractivity contribution in [1.82, 2.24) is 25.2 Å². The molecule has 0 fully saturated rings. The Labute approximate surface area is 227 Å². The summed E-state index contributed by atoms with van der Waals surface area (Å²) >= 11 is 0. The van der Waals surface area contributed by atoms with Crippen LogP contribution in [0.25, 0.3) is 5.65 Å². The maximum Gasteiger partial charge on any atom is 0.270 e. The van der Waals surface area contributed by atoms with Crippen molar-refractivity contribution < 1.29 is 29.0 Å². The van der Waals surface area contributed by atoms with Crippen molar-refractivity contribution in [2.75, 3.05) is 11.9 Å². The summed E-state index contributed by atoms with van der Waals surface area (Å²) in [5, 5.41) is 23.2. The molecular formula is C28H24N6O6. The fourth-order valence-electron chi connectivity index (χ4n) is 4.95. The van der Waals surface area contributed by atoms with E-state index in [0.717, 1.165) is 16.7 Å². The number of rotatable bonds is 6. The molecule has 0 radical (unpaired) electrons. The summed E-state index contributed by atoms with van der Waals surface area (Å²) in [6, 6.07) is 12.5. The van der Waals surface area contributed by atoms with E-state index in [4.69, 9.17) is 4.74 Å². The molecule has 2 atom stereocenters. The molecule has 0 saturated carbocycles. The Morgan fingerprint density at radius 3 is 2.80 bits per heavy atom. The zero-order chi connectivity index (χ0) is 28.0. The van der Waals surface area contributed by atoms with Gasteiger partial charge in [0.05, 0.1) is 24.0 Å². The second kappa shape index (κ2) is 9.89. The van der Waals surface area contributed by atoms with E-state index < -0.39 is 24.0 Å². The standard InChI is InChI=1S/C28H24N6O6/c1-14(35)16-3-4-18-17(9-16)10-22(36)26(18)33-28(39)21-11-20(31-24-6-7-30-34(21)24)27(38)29-12-15-2-5-23-19(8-15)32-25(37)13-40-23/h2-9,11,22,26,36H,10,12-13H2,1H3,(H,29,38)(H,32,37)(H,33,39)/t22-,26-/m1/s1. The van der Waals surface area contributed by atoms with Gasteiger partial charge in [0.25, 0.3) is 17.7 Å². The number of nitrogens with zero attached hydrogens (tertiary/aromatic N) is 3. The van der Waals surface area contributed by atoms with Gasteiger partial charge < -0.3 is 25.8 Å². The van der Waals surface area contributed by atoms with Gasteiger partial charge in [0.2, 0.25) is 0 Å². The van der Waals surface area contributed by atoms with Gasteiger partial charge in [-0.05, 0) is 41.8 Å². The van der Waals surface area contributed by atoms with E-state index in [1.807, 2.05) is 0 Å². The lowest BCUT2D eigenvalue weighted by Gasteiger charge is -2.19. The van der Waals surface area contributed by atoms with Gasteiger partial charge in [0, 0.05) is 30.7 Å². The fraction of sp³-hybridized carbons (Fsp3) is 0.214. The zero-order valence-corrected chi connectivity index (χ0v) is 21.3. The highest BCUT2D eigenvalue weighted by Crippen LogP contribution is 2.33. The molecule has 4 aromatic rings.